The lowest BCUT2D eigenvalue weighted by Crippen LogP contribution is -2.70. The molecule has 48 heavy (non-hydrogen) atoms. The number of cyclic esters (lactones) is 1. The van der Waals surface area contributed by atoms with E-state index in [2.05, 4.69) is 34.0 Å². The van der Waals surface area contributed by atoms with Crippen molar-refractivity contribution >= 4 is 37.0 Å². The number of hydrogen-bond donors (Lipinski definition) is 0. The van der Waals surface area contributed by atoms with Crippen molar-refractivity contribution in [3.8, 4) is 10.7 Å². The fourth-order valence-electron chi connectivity index (χ4n) is 7.84. The van der Waals surface area contributed by atoms with Gasteiger partial charge in [-0.3, -0.25) is 19.4 Å². The van der Waals surface area contributed by atoms with Crippen LogP contribution < -0.4 is 0 Å². The van der Waals surface area contributed by atoms with Gasteiger partial charge < -0.3 is 14.2 Å². The van der Waals surface area contributed by atoms with E-state index in [9.17, 15) is 14.4 Å². The molecule has 0 aliphatic carbocycles. The third-order valence-corrected chi connectivity index (χ3v) is 12.0. The van der Waals surface area contributed by atoms with Gasteiger partial charge in [0.15, 0.2) is 5.60 Å². The van der Waals surface area contributed by atoms with Crippen molar-refractivity contribution in [2.24, 2.45) is 17.8 Å². The number of methoxy groups -OCH3 is 1. The van der Waals surface area contributed by atoms with Gasteiger partial charge >= 0.3 is 12.1 Å². The van der Waals surface area contributed by atoms with E-state index in [4.69, 9.17) is 14.2 Å². The highest BCUT2D eigenvalue weighted by Gasteiger charge is 2.67. The molecule has 0 radical (unpaired) electrons. The van der Waals surface area contributed by atoms with Crippen molar-refractivity contribution in [3.05, 3.63) is 29.9 Å². The summed E-state index contributed by atoms with van der Waals surface area (Å²) in [5, 5.41) is 11.1. The van der Waals surface area contributed by atoms with Gasteiger partial charge in [-0.2, -0.15) is 0 Å². The van der Waals surface area contributed by atoms with Crippen LogP contribution in [0, 0.1) is 17.8 Å². The van der Waals surface area contributed by atoms with Crippen LogP contribution in [0.3, 0.4) is 0 Å². The number of likely N-dealkylation sites (N-methyl/N-ethyl adjacent to an activating group) is 1. The van der Waals surface area contributed by atoms with Crippen LogP contribution in [0.5, 0.6) is 0 Å². The second kappa shape index (κ2) is 15.2. The summed E-state index contributed by atoms with van der Waals surface area (Å²) >= 11 is 1.50. The zero-order chi connectivity index (χ0) is 35.4. The van der Waals surface area contributed by atoms with Crippen molar-refractivity contribution < 1.29 is 28.6 Å². The van der Waals surface area contributed by atoms with Crippen LogP contribution in [0.15, 0.2) is 29.9 Å². The quantitative estimate of drug-likeness (QED) is 0.168. The molecule has 2 fully saturated rings. The van der Waals surface area contributed by atoms with Gasteiger partial charge in [0, 0.05) is 37.7 Å². The van der Waals surface area contributed by atoms with E-state index in [-0.39, 0.29) is 24.1 Å². The number of hydrogen-bond acceptors (Lipinski definition) is 11. The fraction of sp³-hybridized carbons (Fsp3) is 0.706. The summed E-state index contributed by atoms with van der Waals surface area (Å²) in [5.74, 6) is -2.09. The number of rotatable bonds is 8. The van der Waals surface area contributed by atoms with E-state index in [0.29, 0.717) is 31.6 Å². The summed E-state index contributed by atoms with van der Waals surface area (Å²) in [6.07, 6.45) is 8.64. The third kappa shape index (κ3) is 6.98. The van der Waals surface area contributed by atoms with Crippen molar-refractivity contribution in [2.45, 2.75) is 109 Å². The van der Waals surface area contributed by atoms with Crippen molar-refractivity contribution in [2.75, 3.05) is 27.2 Å². The highest BCUT2D eigenvalue weighted by atomic mass is 32.1. The summed E-state index contributed by atoms with van der Waals surface area (Å²) in [7, 11) is 5.74. The topological polar surface area (TPSA) is 129 Å². The van der Waals surface area contributed by atoms with E-state index < -0.39 is 46.9 Å². The Balaban J connectivity index is 1.68. The van der Waals surface area contributed by atoms with Crippen molar-refractivity contribution in [1.29, 1.82) is 0 Å². The SMILES string of the molecule is B[C@@H]1[C@@H](C)C(=O)[C@@H](C)C(=O)O[C@H](CC)[C@@]2(C)OC(=O)N(C/C=C/Cn3cc(-c4nccs4)nn3)[C@]2(CC)N(C)CC[C@@H](C)C[C@@]1(C)OC. The molecule has 0 unspecified atom stereocenters. The predicted octanol–water partition coefficient (Wildman–Crippen LogP) is 4.63. The number of fused-ring (bicyclic) bond motifs is 1. The number of carbonyl (C=O) groups excluding carboxylic acids is 3. The molecule has 8 atom stereocenters. The van der Waals surface area contributed by atoms with Crippen LogP contribution in [-0.2, 0) is 30.3 Å². The number of thiazole rings is 1. The summed E-state index contributed by atoms with van der Waals surface area (Å²) in [6.45, 7) is 14.9. The Bertz CT molecular complexity index is 1460. The number of allylic oxidation sites excluding steroid dienone is 1. The highest BCUT2D eigenvalue weighted by Crippen LogP contribution is 2.48. The zero-order valence-corrected chi connectivity index (χ0v) is 31.1. The molecule has 4 rings (SSSR count). The molecular formula is C34H53BN6O6S. The second-order valence-corrected chi connectivity index (χ2v) is 14.9. The molecular weight excluding hydrogens is 631 g/mol. The van der Waals surface area contributed by atoms with Gasteiger partial charge in [-0.15, -0.1) is 16.4 Å². The summed E-state index contributed by atoms with van der Waals surface area (Å²) in [4.78, 5) is 49.5. The molecule has 2 saturated heterocycles. The van der Waals surface area contributed by atoms with Gasteiger partial charge in [0.2, 0.25) is 0 Å². The van der Waals surface area contributed by atoms with Gasteiger partial charge in [0.05, 0.1) is 18.3 Å². The minimum Gasteiger partial charge on any atom is -0.457 e. The molecule has 14 heteroatoms. The van der Waals surface area contributed by atoms with Gasteiger partial charge in [-0.05, 0) is 65.2 Å². The molecule has 2 aromatic heterocycles. The van der Waals surface area contributed by atoms with Crippen LogP contribution in [0.4, 0.5) is 4.79 Å². The van der Waals surface area contributed by atoms with Crippen LogP contribution in [0.1, 0.15) is 74.1 Å². The number of ether oxygens (including phenoxy) is 3. The molecule has 4 heterocycles. The second-order valence-electron chi connectivity index (χ2n) is 14.0. The van der Waals surface area contributed by atoms with E-state index >= 15 is 0 Å². The van der Waals surface area contributed by atoms with E-state index in [1.807, 2.05) is 66.3 Å². The van der Waals surface area contributed by atoms with Gasteiger partial charge in [-0.1, -0.05) is 45.1 Å². The summed E-state index contributed by atoms with van der Waals surface area (Å²) in [5.41, 5.74) is -2.06. The lowest BCUT2D eigenvalue weighted by atomic mass is 9.62. The molecule has 0 aromatic carbocycles. The molecule has 2 aliphatic rings. The number of esters is 1. The molecule has 1 amide bonds. The number of amides is 1. The molecule has 12 nitrogen and oxygen atoms in total. The average molecular weight is 685 g/mol. The Morgan fingerprint density at radius 2 is 1.85 bits per heavy atom. The maximum absolute atomic E-state index is 13.9. The normalized spacial score (nSPS) is 34.5. The number of ketones is 1. The van der Waals surface area contributed by atoms with Crippen molar-refractivity contribution in [1.82, 2.24) is 29.8 Å². The monoisotopic (exact) mass is 684 g/mol. The standard InChI is InChI=1S/C34H53BN6O6S/c1-10-26-33(7)34(11-2,41(31(44)47-33)17-13-12-16-40-21-25(37-38-40)29-36-15-19-48-29)39(8)18-14-22(3)20-32(6,45-9)28(35)23(4)27(42)24(5)30(43)46-26/h12-13,15,19,21-24,26,28H,10-11,14,16-18,20,35H2,1-9H3/b13-12+/t22-,23+,24-,26-,28-,32-,33-,34+/m1/s1. The number of carbonyl (C=O) groups is 3. The van der Waals surface area contributed by atoms with Crippen LogP contribution in [-0.4, -0.2) is 106 Å². The lowest BCUT2D eigenvalue weighted by molar-refractivity contribution is -0.188. The van der Waals surface area contributed by atoms with Crippen molar-refractivity contribution in [3.63, 3.8) is 0 Å². The number of aromatic nitrogens is 4. The van der Waals surface area contributed by atoms with Gasteiger partial charge in [-0.25, -0.2) is 14.5 Å². The van der Waals surface area contributed by atoms with Gasteiger partial charge in [0.1, 0.15) is 42.0 Å². The van der Waals surface area contributed by atoms with Crippen LogP contribution in [0.2, 0.25) is 5.82 Å². The Morgan fingerprint density at radius 1 is 1.15 bits per heavy atom. The van der Waals surface area contributed by atoms with E-state index in [0.717, 1.165) is 17.8 Å². The molecule has 0 N–H and O–H groups in total. The first-order chi connectivity index (χ1) is 22.7. The Kier molecular flexibility index (Phi) is 11.9. The molecule has 0 saturated carbocycles. The largest absolute Gasteiger partial charge is 0.457 e. The minimum absolute atomic E-state index is 0.129. The minimum atomic E-state index is -1.23. The molecule has 0 bridgehead atoms. The van der Waals surface area contributed by atoms with E-state index in [1.54, 1.807) is 29.8 Å². The Labute approximate surface area is 290 Å². The van der Waals surface area contributed by atoms with Crippen LogP contribution in [0.25, 0.3) is 10.7 Å². The van der Waals surface area contributed by atoms with E-state index in [1.165, 1.54) is 11.3 Å². The first kappa shape index (κ1) is 37.7. The smallest absolute Gasteiger partial charge is 0.412 e. The fourth-order valence-corrected chi connectivity index (χ4v) is 8.43. The zero-order valence-electron chi connectivity index (χ0n) is 30.3. The maximum Gasteiger partial charge on any atom is 0.412 e. The summed E-state index contributed by atoms with van der Waals surface area (Å²) < 4.78 is 20.3. The van der Waals surface area contributed by atoms with Crippen LogP contribution >= 0.6 is 11.3 Å². The lowest BCUT2D eigenvalue weighted by Gasteiger charge is -2.52. The Morgan fingerprint density at radius 3 is 2.48 bits per heavy atom. The molecule has 2 aromatic rings. The molecule has 2 aliphatic heterocycles. The molecule has 0 spiro atoms. The first-order valence-electron chi connectivity index (χ1n) is 17.1. The average Bonchev–Trinajstić information content (AvgIpc) is 3.82. The predicted molar refractivity (Wildman–Crippen MR) is 187 cm³/mol. The maximum atomic E-state index is 13.9. The number of Topliss-reactive ketones (excluding diaryl/α,β-unsaturated/α-hetero) is 1. The number of nitrogens with zero attached hydrogens (tertiary/aromatic N) is 6. The Hall–Kier alpha value is -3.10. The molecule has 264 valence electrons. The summed E-state index contributed by atoms with van der Waals surface area (Å²) in [6, 6.07) is 0. The third-order valence-electron chi connectivity index (χ3n) is 11.2. The van der Waals surface area contributed by atoms with Gasteiger partial charge in [0.25, 0.3) is 0 Å². The highest BCUT2D eigenvalue weighted by molar-refractivity contribution is 7.13. The first-order valence-corrected chi connectivity index (χ1v) is 18.0.